The monoisotopic (exact) mass is 306 g/mol. The molecule has 1 saturated carbocycles. The lowest BCUT2D eigenvalue weighted by molar-refractivity contribution is -0.121. The number of benzene rings is 1. The Labute approximate surface area is 129 Å². The van der Waals surface area contributed by atoms with E-state index in [9.17, 15) is 4.79 Å². The summed E-state index contributed by atoms with van der Waals surface area (Å²) < 4.78 is 5.77. The zero-order chi connectivity index (χ0) is 14.4. The van der Waals surface area contributed by atoms with E-state index in [0.29, 0.717) is 11.1 Å². The maximum atomic E-state index is 12.5. The van der Waals surface area contributed by atoms with Gasteiger partial charge in [-0.25, -0.2) is 0 Å². The number of halogens is 1. The van der Waals surface area contributed by atoms with Gasteiger partial charge in [-0.3, -0.25) is 4.79 Å². The lowest BCUT2D eigenvalue weighted by Gasteiger charge is -2.19. The van der Waals surface area contributed by atoms with Crippen molar-refractivity contribution in [2.45, 2.75) is 50.4 Å². The summed E-state index contributed by atoms with van der Waals surface area (Å²) in [5, 5.41) is 7.12. The van der Waals surface area contributed by atoms with Crippen LogP contribution in [0.25, 0.3) is 0 Å². The van der Waals surface area contributed by atoms with Crippen LogP contribution < -0.4 is 10.6 Å². The van der Waals surface area contributed by atoms with Gasteiger partial charge >= 0.3 is 0 Å². The third-order valence-electron chi connectivity index (χ3n) is 4.62. The van der Waals surface area contributed by atoms with Crippen molar-refractivity contribution in [2.75, 3.05) is 10.6 Å². The van der Waals surface area contributed by atoms with Crippen molar-refractivity contribution in [3.05, 3.63) is 23.2 Å². The van der Waals surface area contributed by atoms with Crippen LogP contribution in [0.1, 0.15) is 32.1 Å². The Morgan fingerprint density at radius 1 is 1.19 bits per heavy atom. The van der Waals surface area contributed by atoms with Gasteiger partial charge in [-0.15, -0.1) is 0 Å². The van der Waals surface area contributed by atoms with Gasteiger partial charge in [0.15, 0.2) is 0 Å². The largest absolute Gasteiger partial charge is 0.381 e. The minimum Gasteiger partial charge on any atom is -0.381 e. The number of amides is 1. The molecule has 112 valence electrons. The number of carbonyl (C=O) groups is 1. The number of nitrogens with one attached hydrogen (secondary N) is 2. The molecule has 4 nitrogen and oxygen atoms in total. The fraction of sp³-hybridized carbons (Fsp3) is 0.562. The molecule has 3 aliphatic rings. The molecule has 1 aromatic rings. The Morgan fingerprint density at radius 2 is 2.05 bits per heavy atom. The fourth-order valence-corrected chi connectivity index (χ4v) is 3.50. The predicted octanol–water partition coefficient (Wildman–Crippen LogP) is 3.42. The number of rotatable bonds is 4. The summed E-state index contributed by atoms with van der Waals surface area (Å²) in [5.74, 6) is 0.0415. The molecule has 1 amide bonds. The molecule has 3 atom stereocenters. The molecule has 0 aromatic heterocycles. The van der Waals surface area contributed by atoms with Crippen molar-refractivity contribution in [1.29, 1.82) is 0 Å². The van der Waals surface area contributed by atoms with Gasteiger partial charge in [0.1, 0.15) is 0 Å². The molecule has 1 aliphatic carbocycles. The van der Waals surface area contributed by atoms with E-state index in [2.05, 4.69) is 10.6 Å². The number of hydrogen-bond donors (Lipinski definition) is 2. The van der Waals surface area contributed by atoms with E-state index in [1.54, 1.807) is 0 Å². The van der Waals surface area contributed by atoms with Gasteiger partial charge in [-0.05, 0) is 50.3 Å². The van der Waals surface area contributed by atoms with Crippen LogP contribution in [-0.4, -0.2) is 24.2 Å². The highest BCUT2D eigenvalue weighted by Crippen LogP contribution is 2.40. The maximum absolute atomic E-state index is 12.5. The third kappa shape index (κ3) is 2.74. The van der Waals surface area contributed by atoms with E-state index in [0.717, 1.165) is 30.6 Å². The molecule has 0 spiro atoms. The van der Waals surface area contributed by atoms with E-state index in [1.807, 2.05) is 18.2 Å². The molecule has 2 saturated heterocycles. The van der Waals surface area contributed by atoms with E-state index < -0.39 is 0 Å². The number of anilines is 2. The average Bonchev–Trinajstić information content (AvgIpc) is 3.03. The van der Waals surface area contributed by atoms with Crippen molar-refractivity contribution < 1.29 is 9.53 Å². The predicted molar refractivity (Wildman–Crippen MR) is 82.7 cm³/mol. The van der Waals surface area contributed by atoms with E-state index in [4.69, 9.17) is 16.3 Å². The van der Waals surface area contributed by atoms with Gasteiger partial charge in [-0.2, -0.15) is 0 Å². The maximum Gasteiger partial charge on any atom is 0.230 e. The second-order valence-electron chi connectivity index (χ2n) is 6.31. The quantitative estimate of drug-likeness (QED) is 0.896. The number of hydrogen-bond acceptors (Lipinski definition) is 3. The lowest BCUT2D eigenvalue weighted by Crippen LogP contribution is -2.30. The third-order valence-corrected chi connectivity index (χ3v) is 4.85. The second kappa shape index (κ2) is 5.18. The highest BCUT2D eigenvalue weighted by atomic mass is 35.5. The highest BCUT2D eigenvalue weighted by Gasteiger charge is 2.44. The van der Waals surface area contributed by atoms with Gasteiger partial charge in [-0.1, -0.05) is 11.6 Å². The molecular formula is C16H19ClN2O2. The SMILES string of the molecule is O=C(Nc1cc(Cl)ccc1NC1CC1)[C@@H]1C[C@H]2CC[C@H]1O2. The second-order valence-corrected chi connectivity index (χ2v) is 6.75. The summed E-state index contributed by atoms with van der Waals surface area (Å²) in [7, 11) is 0. The average molecular weight is 307 g/mol. The van der Waals surface area contributed by atoms with Gasteiger partial charge in [0.05, 0.1) is 29.5 Å². The molecule has 4 rings (SSSR count). The zero-order valence-corrected chi connectivity index (χ0v) is 12.5. The van der Waals surface area contributed by atoms with Gasteiger partial charge in [0, 0.05) is 11.1 Å². The lowest BCUT2D eigenvalue weighted by atomic mass is 9.88. The van der Waals surface area contributed by atoms with Crippen LogP contribution in [0.15, 0.2) is 18.2 Å². The number of fused-ring (bicyclic) bond motifs is 2. The van der Waals surface area contributed by atoms with Crippen LogP contribution >= 0.6 is 11.6 Å². The summed E-state index contributed by atoms with van der Waals surface area (Å²) in [4.78, 5) is 12.5. The van der Waals surface area contributed by atoms with Crippen molar-refractivity contribution in [1.82, 2.24) is 0 Å². The number of carbonyl (C=O) groups excluding carboxylic acids is 1. The van der Waals surface area contributed by atoms with Gasteiger partial charge in [0.2, 0.25) is 5.91 Å². The first-order valence-electron chi connectivity index (χ1n) is 7.71. The smallest absolute Gasteiger partial charge is 0.230 e. The normalized spacial score (nSPS) is 30.4. The molecule has 2 N–H and O–H groups in total. The Morgan fingerprint density at radius 3 is 2.71 bits per heavy atom. The topological polar surface area (TPSA) is 50.4 Å². The first kappa shape index (κ1) is 13.4. The highest BCUT2D eigenvalue weighted by molar-refractivity contribution is 6.31. The van der Waals surface area contributed by atoms with Crippen molar-refractivity contribution in [2.24, 2.45) is 5.92 Å². The summed E-state index contributed by atoms with van der Waals surface area (Å²) in [6.07, 6.45) is 5.73. The van der Waals surface area contributed by atoms with E-state index >= 15 is 0 Å². The molecule has 2 heterocycles. The summed E-state index contributed by atoms with van der Waals surface area (Å²) in [6, 6.07) is 6.14. The van der Waals surface area contributed by atoms with Crippen LogP contribution in [0.2, 0.25) is 5.02 Å². The summed E-state index contributed by atoms with van der Waals surface area (Å²) in [5.41, 5.74) is 1.74. The zero-order valence-electron chi connectivity index (χ0n) is 11.8. The summed E-state index contributed by atoms with van der Waals surface area (Å²) >= 11 is 6.07. The Bertz CT molecular complexity index is 573. The minimum atomic E-state index is -0.0171. The number of ether oxygens (including phenoxy) is 1. The van der Waals surface area contributed by atoms with Crippen LogP contribution in [0.4, 0.5) is 11.4 Å². The molecule has 5 heteroatoms. The van der Waals surface area contributed by atoms with Crippen molar-refractivity contribution in [3.63, 3.8) is 0 Å². The van der Waals surface area contributed by atoms with Crippen LogP contribution in [-0.2, 0) is 9.53 Å². The van der Waals surface area contributed by atoms with E-state index in [1.165, 1.54) is 12.8 Å². The fourth-order valence-electron chi connectivity index (χ4n) is 3.33. The molecule has 1 aromatic carbocycles. The molecule has 2 bridgehead atoms. The molecular weight excluding hydrogens is 288 g/mol. The standard InChI is InChI=1S/C16H19ClN2O2/c17-9-1-5-13(18-10-2-3-10)14(7-9)19-16(20)12-8-11-4-6-15(12)21-11/h1,5,7,10-12,15,18H,2-4,6,8H2,(H,19,20)/t11-,12-,15-/m1/s1. The minimum absolute atomic E-state index is 0.0171. The Balaban J connectivity index is 1.50. The van der Waals surface area contributed by atoms with Crippen LogP contribution in [0.5, 0.6) is 0 Å². The first-order chi connectivity index (χ1) is 10.2. The summed E-state index contributed by atoms with van der Waals surface area (Å²) in [6.45, 7) is 0. The van der Waals surface area contributed by atoms with E-state index in [-0.39, 0.29) is 24.0 Å². The Hall–Kier alpha value is -1.26. The van der Waals surface area contributed by atoms with Gasteiger partial charge in [0.25, 0.3) is 0 Å². The molecule has 3 fully saturated rings. The van der Waals surface area contributed by atoms with Crippen LogP contribution in [0.3, 0.4) is 0 Å². The molecule has 0 unspecified atom stereocenters. The molecule has 2 aliphatic heterocycles. The van der Waals surface area contributed by atoms with Crippen molar-refractivity contribution >= 4 is 28.9 Å². The Kier molecular flexibility index (Phi) is 3.31. The molecule has 21 heavy (non-hydrogen) atoms. The van der Waals surface area contributed by atoms with Crippen molar-refractivity contribution in [3.8, 4) is 0 Å². The van der Waals surface area contributed by atoms with Gasteiger partial charge < -0.3 is 15.4 Å². The first-order valence-corrected chi connectivity index (χ1v) is 8.09. The molecule has 0 radical (unpaired) electrons. The van der Waals surface area contributed by atoms with Crippen LogP contribution in [0, 0.1) is 5.92 Å².